The van der Waals surface area contributed by atoms with Gasteiger partial charge in [-0.2, -0.15) is 0 Å². The van der Waals surface area contributed by atoms with Gasteiger partial charge in [-0.1, -0.05) is 49.3 Å². The number of benzene rings is 1. The van der Waals surface area contributed by atoms with E-state index in [9.17, 15) is 0 Å². The number of nitrogens with zero attached hydrogens (tertiary/aromatic N) is 1. The zero-order valence-electron chi connectivity index (χ0n) is 10.7. The zero-order chi connectivity index (χ0) is 13.1. The first-order valence-corrected chi connectivity index (χ1v) is 7.19. The van der Waals surface area contributed by atoms with E-state index in [-0.39, 0.29) is 0 Å². The number of hydrogen-bond acceptors (Lipinski definition) is 2. The Labute approximate surface area is 119 Å². The first-order chi connectivity index (χ1) is 8.60. The lowest BCUT2D eigenvalue weighted by Gasteiger charge is -2.17. The largest absolute Gasteiger partial charge is 0.389 e. The van der Waals surface area contributed by atoms with Gasteiger partial charge in [0.05, 0.1) is 0 Å². The summed E-state index contributed by atoms with van der Waals surface area (Å²) < 4.78 is 0. The Kier molecular flexibility index (Phi) is 4.60. The molecule has 1 fully saturated rings. The van der Waals surface area contributed by atoms with Crippen LogP contribution in [0.5, 0.6) is 0 Å². The molecular weight excluding hydrogens is 264 g/mol. The molecule has 1 saturated heterocycles. The molecule has 1 heterocycles. The predicted molar refractivity (Wildman–Crippen MR) is 81.0 cm³/mol. The minimum Gasteiger partial charge on any atom is -0.389 e. The van der Waals surface area contributed by atoms with Crippen molar-refractivity contribution in [2.45, 2.75) is 26.3 Å². The summed E-state index contributed by atoms with van der Waals surface area (Å²) in [5.74, 6) is 0.847. The van der Waals surface area contributed by atoms with Crippen LogP contribution >= 0.6 is 23.8 Å². The lowest BCUT2D eigenvalue weighted by Crippen LogP contribution is -2.20. The molecule has 2 nitrogen and oxygen atoms in total. The third kappa shape index (κ3) is 3.22. The highest BCUT2D eigenvalue weighted by atomic mass is 35.5. The van der Waals surface area contributed by atoms with Crippen LogP contribution in [0.3, 0.4) is 0 Å². The van der Waals surface area contributed by atoms with Gasteiger partial charge in [0.15, 0.2) is 0 Å². The van der Waals surface area contributed by atoms with Gasteiger partial charge in [-0.05, 0) is 30.5 Å². The summed E-state index contributed by atoms with van der Waals surface area (Å²) in [5, 5.41) is 0.764. The predicted octanol–water partition coefficient (Wildman–Crippen LogP) is 3.21. The molecule has 18 heavy (non-hydrogen) atoms. The van der Waals surface area contributed by atoms with Crippen LogP contribution in [0.1, 0.15) is 30.9 Å². The molecule has 1 unspecified atom stereocenters. The zero-order valence-corrected chi connectivity index (χ0v) is 12.2. The van der Waals surface area contributed by atoms with Gasteiger partial charge in [-0.15, -0.1) is 0 Å². The lowest BCUT2D eigenvalue weighted by atomic mass is 10.1. The van der Waals surface area contributed by atoms with E-state index in [4.69, 9.17) is 29.6 Å². The second-order valence-electron chi connectivity index (χ2n) is 4.97. The van der Waals surface area contributed by atoms with Crippen LogP contribution in [-0.4, -0.2) is 23.0 Å². The van der Waals surface area contributed by atoms with Gasteiger partial charge in [-0.3, -0.25) is 4.90 Å². The topological polar surface area (TPSA) is 29.3 Å². The van der Waals surface area contributed by atoms with Crippen molar-refractivity contribution in [3.8, 4) is 0 Å². The maximum absolute atomic E-state index is 6.28. The minimum absolute atomic E-state index is 0.399. The molecule has 1 aliphatic rings. The highest BCUT2D eigenvalue weighted by Crippen LogP contribution is 2.24. The van der Waals surface area contributed by atoms with Crippen LogP contribution in [0.4, 0.5) is 0 Å². The SMILES string of the molecule is CCC1CCN(Cc2ccc(C(N)=S)cc2Cl)C1. The molecule has 2 N–H and O–H groups in total. The fraction of sp³-hybridized carbons (Fsp3) is 0.500. The fourth-order valence-electron chi connectivity index (χ4n) is 2.46. The molecule has 2 rings (SSSR count). The summed E-state index contributed by atoms with van der Waals surface area (Å²) in [6, 6.07) is 5.86. The smallest absolute Gasteiger partial charge is 0.104 e. The van der Waals surface area contributed by atoms with Gasteiger partial charge in [-0.25, -0.2) is 0 Å². The van der Waals surface area contributed by atoms with E-state index in [2.05, 4.69) is 11.8 Å². The first-order valence-electron chi connectivity index (χ1n) is 6.40. The van der Waals surface area contributed by atoms with Crippen molar-refractivity contribution in [1.29, 1.82) is 0 Å². The van der Waals surface area contributed by atoms with Crippen molar-refractivity contribution >= 4 is 28.8 Å². The van der Waals surface area contributed by atoms with Crippen molar-refractivity contribution in [2.75, 3.05) is 13.1 Å². The third-order valence-electron chi connectivity index (χ3n) is 3.68. The lowest BCUT2D eigenvalue weighted by molar-refractivity contribution is 0.315. The Morgan fingerprint density at radius 1 is 1.56 bits per heavy atom. The Hall–Kier alpha value is -0.640. The van der Waals surface area contributed by atoms with Crippen LogP contribution in [0.15, 0.2) is 18.2 Å². The normalized spacial score (nSPS) is 20.2. The monoisotopic (exact) mass is 282 g/mol. The summed E-state index contributed by atoms with van der Waals surface area (Å²) in [4.78, 5) is 2.87. The number of hydrogen-bond donors (Lipinski definition) is 1. The van der Waals surface area contributed by atoms with Crippen molar-refractivity contribution < 1.29 is 0 Å². The molecule has 1 aliphatic heterocycles. The number of thiocarbonyl (C=S) groups is 1. The molecule has 1 aromatic rings. The standard InChI is InChI=1S/C14H19ClN2S/c1-2-10-5-6-17(8-10)9-12-4-3-11(14(16)18)7-13(12)15/h3-4,7,10H,2,5-6,8-9H2,1H3,(H2,16,18). The molecule has 0 bridgehead atoms. The van der Waals surface area contributed by atoms with Crippen LogP contribution in [0.2, 0.25) is 5.02 Å². The van der Waals surface area contributed by atoms with Gasteiger partial charge in [0, 0.05) is 23.7 Å². The van der Waals surface area contributed by atoms with E-state index < -0.39 is 0 Å². The van der Waals surface area contributed by atoms with Crippen LogP contribution in [-0.2, 0) is 6.54 Å². The van der Waals surface area contributed by atoms with Gasteiger partial charge < -0.3 is 5.73 Å². The van der Waals surface area contributed by atoms with E-state index in [1.54, 1.807) is 0 Å². The first kappa shape index (κ1) is 13.8. The van der Waals surface area contributed by atoms with Gasteiger partial charge in [0.25, 0.3) is 0 Å². The van der Waals surface area contributed by atoms with Gasteiger partial charge in [0.2, 0.25) is 0 Å². The number of rotatable bonds is 4. The molecule has 0 aromatic heterocycles. The Balaban J connectivity index is 2.04. The second kappa shape index (κ2) is 6.00. The summed E-state index contributed by atoms with van der Waals surface area (Å²) >= 11 is 11.2. The minimum atomic E-state index is 0.399. The highest BCUT2D eigenvalue weighted by Gasteiger charge is 2.21. The van der Waals surface area contributed by atoms with Gasteiger partial charge in [0.1, 0.15) is 4.99 Å². The number of nitrogens with two attached hydrogens (primary N) is 1. The van der Waals surface area contributed by atoms with Crippen LogP contribution in [0, 0.1) is 5.92 Å². The van der Waals surface area contributed by atoms with E-state index in [1.807, 2.05) is 18.2 Å². The molecule has 0 spiro atoms. The summed E-state index contributed by atoms with van der Waals surface area (Å²) in [6.45, 7) is 5.54. The Morgan fingerprint density at radius 3 is 2.89 bits per heavy atom. The molecule has 0 saturated carbocycles. The maximum atomic E-state index is 6.28. The highest BCUT2D eigenvalue weighted by molar-refractivity contribution is 7.80. The third-order valence-corrected chi connectivity index (χ3v) is 4.27. The maximum Gasteiger partial charge on any atom is 0.104 e. The van der Waals surface area contributed by atoms with Gasteiger partial charge >= 0.3 is 0 Å². The quantitative estimate of drug-likeness (QED) is 0.860. The van der Waals surface area contributed by atoms with Crippen molar-refractivity contribution in [3.63, 3.8) is 0 Å². The average molecular weight is 283 g/mol. The molecule has 1 aromatic carbocycles. The molecular formula is C14H19ClN2S. The number of likely N-dealkylation sites (tertiary alicyclic amines) is 1. The average Bonchev–Trinajstić information content (AvgIpc) is 2.79. The molecule has 1 atom stereocenters. The molecule has 0 amide bonds. The summed E-state index contributed by atoms with van der Waals surface area (Å²) in [5.41, 5.74) is 7.59. The molecule has 4 heteroatoms. The van der Waals surface area contributed by atoms with E-state index in [0.29, 0.717) is 4.99 Å². The fourth-order valence-corrected chi connectivity index (χ4v) is 2.83. The molecule has 0 radical (unpaired) electrons. The van der Waals surface area contributed by atoms with Crippen LogP contribution in [0.25, 0.3) is 0 Å². The van der Waals surface area contributed by atoms with E-state index in [1.165, 1.54) is 25.9 Å². The number of halogens is 1. The Bertz CT molecular complexity index is 447. The van der Waals surface area contributed by atoms with E-state index >= 15 is 0 Å². The summed E-state index contributed by atoms with van der Waals surface area (Å²) in [6.07, 6.45) is 2.57. The summed E-state index contributed by atoms with van der Waals surface area (Å²) in [7, 11) is 0. The Morgan fingerprint density at radius 2 is 2.33 bits per heavy atom. The van der Waals surface area contributed by atoms with Crippen molar-refractivity contribution in [1.82, 2.24) is 4.90 Å². The van der Waals surface area contributed by atoms with E-state index in [0.717, 1.165) is 28.6 Å². The van der Waals surface area contributed by atoms with Crippen molar-refractivity contribution in [2.24, 2.45) is 11.7 Å². The van der Waals surface area contributed by atoms with Crippen molar-refractivity contribution in [3.05, 3.63) is 34.3 Å². The molecule has 0 aliphatic carbocycles. The molecule has 98 valence electrons. The van der Waals surface area contributed by atoms with Crippen LogP contribution < -0.4 is 5.73 Å². The second-order valence-corrected chi connectivity index (χ2v) is 5.82.